The average molecular weight is 728 g/mol. The molecule has 0 saturated heterocycles. The van der Waals surface area contributed by atoms with Gasteiger partial charge >= 0.3 is 0 Å². The molecule has 0 bridgehead atoms. The standard InChI is InChI=1S/C30H23F2N5O4.C7H8O3S/c1-17-2-11-23(30(40)37(17)20-7-5-19(31)6-8-20)29(39)33-25-12-9-21(14-24(25)32)41-22-10-13-27-34-26(16-36(27)15-22)35-28(38)18-3-4-18;1-6-2-4-7(5-3-6)11(8,9)10/h2,5-16,18H,3-4H2,1H3,(H,33,39)(H,35,38);2-5H,1H3,(H,8,9,10). The number of nitrogens with one attached hydrogen (secondary N) is 2. The SMILES string of the molecule is Cc1ccc(C(=O)Nc2ccc(Oc3ccc4nc(NC(=O)C5CC5)cn4c3)cc2F)c(=O)n1-c1ccc(F)cc1.Cc1ccc(S(=O)(=O)O)cc1. The molecule has 0 unspecified atom stereocenters. The van der Waals surface area contributed by atoms with Crippen molar-refractivity contribution >= 4 is 39.1 Å². The lowest BCUT2D eigenvalue weighted by molar-refractivity contribution is -0.117. The number of ether oxygens (including phenoxy) is 1. The van der Waals surface area contributed by atoms with E-state index >= 15 is 0 Å². The molecule has 0 atom stereocenters. The molecule has 12 nitrogen and oxygen atoms in total. The molecule has 0 spiro atoms. The molecule has 3 aromatic heterocycles. The first-order chi connectivity index (χ1) is 24.7. The second-order valence-electron chi connectivity index (χ2n) is 12.0. The molecule has 1 saturated carbocycles. The Morgan fingerprint density at radius 2 is 1.56 bits per heavy atom. The summed E-state index contributed by atoms with van der Waals surface area (Å²) in [7, 11) is -4.02. The number of aryl methyl sites for hydroxylation is 2. The van der Waals surface area contributed by atoms with Gasteiger partial charge in [0.05, 0.1) is 23.0 Å². The van der Waals surface area contributed by atoms with Gasteiger partial charge in [-0.25, -0.2) is 13.8 Å². The van der Waals surface area contributed by atoms with Gasteiger partial charge in [-0.2, -0.15) is 8.42 Å². The van der Waals surface area contributed by atoms with Crippen LogP contribution in [0.3, 0.4) is 0 Å². The predicted octanol–water partition coefficient (Wildman–Crippen LogP) is 6.71. The van der Waals surface area contributed by atoms with Crippen molar-refractivity contribution in [2.75, 3.05) is 10.6 Å². The van der Waals surface area contributed by atoms with Crippen molar-refractivity contribution in [3.05, 3.63) is 142 Å². The van der Waals surface area contributed by atoms with E-state index in [9.17, 15) is 31.6 Å². The number of aromatic nitrogens is 3. The highest BCUT2D eigenvalue weighted by Crippen LogP contribution is 2.30. The van der Waals surface area contributed by atoms with Crippen LogP contribution in [0, 0.1) is 31.4 Å². The zero-order chi connectivity index (χ0) is 37.2. The largest absolute Gasteiger partial charge is 0.456 e. The third-order valence-corrected chi connectivity index (χ3v) is 8.84. The van der Waals surface area contributed by atoms with E-state index in [0.29, 0.717) is 28.6 Å². The first kappa shape index (κ1) is 35.6. The Balaban J connectivity index is 0.000000362. The van der Waals surface area contributed by atoms with Gasteiger partial charge in [0, 0.05) is 23.4 Å². The smallest absolute Gasteiger partial charge is 0.294 e. The number of hydrogen-bond acceptors (Lipinski definition) is 7. The fraction of sp³-hybridized carbons (Fsp3) is 0.135. The molecule has 6 aromatic rings. The molecule has 0 aliphatic heterocycles. The number of anilines is 2. The van der Waals surface area contributed by atoms with Crippen LogP contribution in [0.25, 0.3) is 11.3 Å². The average Bonchev–Trinajstić information content (AvgIpc) is 3.87. The van der Waals surface area contributed by atoms with E-state index in [1.165, 1.54) is 59.2 Å². The molecule has 3 aromatic carbocycles. The van der Waals surface area contributed by atoms with Crippen molar-refractivity contribution in [2.45, 2.75) is 31.6 Å². The number of carbonyl (C=O) groups excluding carboxylic acids is 2. The summed E-state index contributed by atoms with van der Waals surface area (Å²) >= 11 is 0. The number of halogens is 2. The van der Waals surface area contributed by atoms with Crippen LogP contribution >= 0.6 is 0 Å². The first-order valence-corrected chi connectivity index (χ1v) is 17.3. The maximum atomic E-state index is 15.0. The van der Waals surface area contributed by atoms with Crippen LogP contribution in [-0.4, -0.2) is 38.7 Å². The van der Waals surface area contributed by atoms with Crippen LogP contribution in [0.1, 0.15) is 34.5 Å². The minimum atomic E-state index is -4.02. The van der Waals surface area contributed by atoms with Crippen LogP contribution in [0.15, 0.2) is 113 Å². The van der Waals surface area contributed by atoms with Gasteiger partial charge in [0.25, 0.3) is 21.6 Å². The molecule has 1 aliphatic carbocycles. The fourth-order valence-electron chi connectivity index (χ4n) is 5.08. The van der Waals surface area contributed by atoms with E-state index in [1.54, 1.807) is 54.0 Å². The summed E-state index contributed by atoms with van der Waals surface area (Å²) in [6.45, 7) is 3.52. The van der Waals surface area contributed by atoms with Crippen LogP contribution in [0.5, 0.6) is 11.5 Å². The Labute approximate surface area is 296 Å². The van der Waals surface area contributed by atoms with E-state index in [0.717, 1.165) is 24.5 Å². The predicted molar refractivity (Wildman–Crippen MR) is 189 cm³/mol. The number of imidazole rings is 1. The lowest BCUT2D eigenvalue weighted by atomic mass is 10.2. The molecule has 15 heteroatoms. The van der Waals surface area contributed by atoms with Gasteiger partial charge in [0.2, 0.25) is 5.91 Å². The highest BCUT2D eigenvalue weighted by atomic mass is 32.2. The molecular weight excluding hydrogens is 696 g/mol. The molecule has 52 heavy (non-hydrogen) atoms. The van der Waals surface area contributed by atoms with Gasteiger partial charge in [0.1, 0.15) is 34.3 Å². The van der Waals surface area contributed by atoms with Gasteiger partial charge in [-0.3, -0.25) is 23.5 Å². The van der Waals surface area contributed by atoms with E-state index < -0.39 is 33.2 Å². The van der Waals surface area contributed by atoms with Crippen LogP contribution in [-0.2, 0) is 14.9 Å². The van der Waals surface area contributed by atoms with Gasteiger partial charge in [0.15, 0.2) is 5.82 Å². The minimum Gasteiger partial charge on any atom is -0.456 e. The Kier molecular flexibility index (Phi) is 9.99. The van der Waals surface area contributed by atoms with Crippen molar-refractivity contribution in [1.29, 1.82) is 0 Å². The maximum absolute atomic E-state index is 15.0. The van der Waals surface area contributed by atoms with Crippen molar-refractivity contribution in [1.82, 2.24) is 14.0 Å². The van der Waals surface area contributed by atoms with E-state index in [-0.39, 0.29) is 33.7 Å². The van der Waals surface area contributed by atoms with Crippen LogP contribution in [0.2, 0.25) is 0 Å². The third-order valence-electron chi connectivity index (χ3n) is 7.97. The first-order valence-electron chi connectivity index (χ1n) is 15.9. The Morgan fingerprint density at radius 1 is 0.865 bits per heavy atom. The van der Waals surface area contributed by atoms with E-state index in [1.807, 2.05) is 6.92 Å². The molecule has 1 aliphatic rings. The summed E-state index contributed by atoms with van der Waals surface area (Å²) in [5.74, 6) is -1.01. The molecule has 2 amide bonds. The van der Waals surface area contributed by atoms with Crippen molar-refractivity contribution in [2.24, 2.45) is 5.92 Å². The lowest BCUT2D eigenvalue weighted by Gasteiger charge is -2.13. The molecule has 3 heterocycles. The molecule has 1 fully saturated rings. The quantitative estimate of drug-likeness (QED) is 0.146. The minimum absolute atomic E-state index is 0.0477. The number of nitrogens with zero attached hydrogens (tertiary/aromatic N) is 3. The van der Waals surface area contributed by atoms with Crippen LogP contribution < -0.4 is 20.9 Å². The van der Waals surface area contributed by atoms with Gasteiger partial charge in [-0.15, -0.1) is 0 Å². The van der Waals surface area contributed by atoms with E-state index in [2.05, 4.69) is 15.6 Å². The van der Waals surface area contributed by atoms with Gasteiger partial charge < -0.3 is 19.8 Å². The Bertz CT molecular complexity index is 2480. The van der Waals surface area contributed by atoms with Crippen molar-refractivity contribution < 1.29 is 36.1 Å². The molecule has 3 N–H and O–H groups in total. The third kappa shape index (κ3) is 8.39. The lowest BCUT2D eigenvalue weighted by Crippen LogP contribution is -2.29. The summed E-state index contributed by atoms with van der Waals surface area (Å²) in [6, 6.07) is 21.5. The number of carbonyl (C=O) groups is 2. The van der Waals surface area contributed by atoms with Gasteiger partial charge in [-0.05, 0) is 99.5 Å². The van der Waals surface area contributed by atoms with Crippen molar-refractivity contribution in [3.8, 4) is 17.2 Å². The second kappa shape index (κ2) is 14.6. The summed E-state index contributed by atoms with van der Waals surface area (Å²) in [6.07, 6.45) is 5.09. The second-order valence-corrected chi connectivity index (χ2v) is 13.4. The zero-order valence-electron chi connectivity index (χ0n) is 27.7. The normalized spacial score (nSPS) is 12.5. The van der Waals surface area contributed by atoms with Crippen LogP contribution in [0.4, 0.5) is 20.3 Å². The molecule has 266 valence electrons. The molecular formula is C37H31F2N5O7S. The topological polar surface area (TPSA) is 161 Å². The number of pyridine rings is 2. The Morgan fingerprint density at radius 3 is 2.21 bits per heavy atom. The van der Waals surface area contributed by atoms with E-state index in [4.69, 9.17) is 9.29 Å². The number of benzene rings is 3. The number of rotatable bonds is 8. The number of hydrogen-bond donors (Lipinski definition) is 3. The number of fused-ring (bicyclic) bond motifs is 1. The number of amides is 2. The summed E-state index contributed by atoms with van der Waals surface area (Å²) in [5.41, 5.74) is 1.51. The maximum Gasteiger partial charge on any atom is 0.294 e. The highest BCUT2D eigenvalue weighted by Gasteiger charge is 2.30. The van der Waals surface area contributed by atoms with Crippen molar-refractivity contribution in [3.63, 3.8) is 0 Å². The summed E-state index contributed by atoms with van der Waals surface area (Å²) < 4.78 is 66.6. The van der Waals surface area contributed by atoms with Gasteiger partial charge in [-0.1, -0.05) is 17.7 Å². The Hall–Kier alpha value is -6.19. The summed E-state index contributed by atoms with van der Waals surface area (Å²) in [5, 5.41) is 5.22. The fourth-order valence-corrected chi connectivity index (χ4v) is 5.56. The monoisotopic (exact) mass is 727 g/mol. The summed E-state index contributed by atoms with van der Waals surface area (Å²) in [4.78, 5) is 42.3. The molecule has 7 rings (SSSR count). The highest BCUT2D eigenvalue weighted by molar-refractivity contribution is 7.85. The zero-order valence-corrected chi connectivity index (χ0v) is 28.5. The molecule has 0 radical (unpaired) electrons.